The SMILES string of the molecule is CC(C)CCC[C@H](C)[C@@H]1CCC2C3CC(C)C4CC(CC=O)CCC4(C)C3CC[C@]21C. The summed E-state index contributed by atoms with van der Waals surface area (Å²) in [6.07, 6.45) is 17.8. The number of hydrogen-bond donors (Lipinski definition) is 0. The van der Waals surface area contributed by atoms with Crippen LogP contribution in [-0.2, 0) is 4.79 Å². The van der Waals surface area contributed by atoms with Crippen LogP contribution in [-0.4, -0.2) is 6.29 Å². The molecule has 0 bridgehead atoms. The Morgan fingerprint density at radius 1 is 0.871 bits per heavy atom. The van der Waals surface area contributed by atoms with Crippen LogP contribution in [0.15, 0.2) is 0 Å². The van der Waals surface area contributed by atoms with Crippen molar-refractivity contribution in [2.45, 2.75) is 119 Å². The quantitative estimate of drug-likeness (QED) is 0.371. The summed E-state index contributed by atoms with van der Waals surface area (Å²) in [5, 5.41) is 0. The Morgan fingerprint density at radius 3 is 2.29 bits per heavy atom. The largest absolute Gasteiger partial charge is 0.303 e. The van der Waals surface area contributed by atoms with Gasteiger partial charge in [-0.3, -0.25) is 0 Å². The fourth-order valence-corrected chi connectivity index (χ4v) is 10.2. The average molecular weight is 429 g/mol. The molecule has 0 aliphatic heterocycles. The summed E-state index contributed by atoms with van der Waals surface area (Å²) in [6.45, 7) is 15.3. The lowest BCUT2D eigenvalue weighted by Gasteiger charge is -2.63. The molecule has 0 aromatic carbocycles. The molecule has 0 spiro atoms. The van der Waals surface area contributed by atoms with Gasteiger partial charge in [0, 0.05) is 6.42 Å². The summed E-state index contributed by atoms with van der Waals surface area (Å²) in [6, 6.07) is 0. The van der Waals surface area contributed by atoms with Gasteiger partial charge in [-0.1, -0.05) is 60.8 Å². The highest BCUT2D eigenvalue weighted by Gasteiger charge is 2.61. The zero-order chi connectivity index (χ0) is 22.4. The van der Waals surface area contributed by atoms with Gasteiger partial charge in [0.2, 0.25) is 0 Å². The van der Waals surface area contributed by atoms with Gasteiger partial charge in [0.05, 0.1) is 0 Å². The minimum atomic E-state index is 0.546. The van der Waals surface area contributed by atoms with Crippen LogP contribution in [0, 0.1) is 64.1 Å². The van der Waals surface area contributed by atoms with Crippen molar-refractivity contribution in [3.8, 4) is 0 Å². The van der Waals surface area contributed by atoms with E-state index in [9.17, 15) is 4.79 Å². The number of carbonyl (C=O) groups is 1. The van der Waals surface area contributed by atoms with Gasteiger partial charge in [0.1, 0.15) is 6.29 Å². The van der Waals surface area contributed by atoms with Crippen molar-refractivity contribution in [2.75, 3.05) is 0 Å². The predicted octanol–water partition coefficient (Wildman–Crippen LogP) is 8.56. The molecule has 0 aromatic rings. The van der Waals surface area contributed by atoms with Crippen LogP contribution < -0.4 is 0 Å². The van der Waals surface area contributed by atoms with Crippen molar-refractivity contribution in [2.24, 2.45) is 64.1 Å². The molecule has 4 fully saturated rings. The van der Waals surface area contributed by atoms with Crippen LogP contribution >= 0.6 is 0 Å². The fourth-order valence-electron chi connectivity index (χ4n) is 10.2. The summed E-state index contributed by atoms with van der Waals surface area (Å²) in [4.78, 5) is 11.2. The maximum atomic E-state index is 11.2. The fraction of sp³-hybridized carbons (Fsp3) is 0.967. The molecule has 0 aromatic heterocycles. The van der Waals surface area contributed by atoms with E-state index in [2.05, 4.69) is 41.5 Å². The van der Waals surface area contributed by atoms with Gasteiger partial charge in [0.25, 0.3) is 0 Å². The van der Waals surface area contributed by atoms with Gasteiger partial charge >= 0.3 is 0 Å². The molecule has 0 N–H and O–H groups in total. The highest BCUT2D eigenvalue weighted by atomic mass is 16.1. The first-order valence-corrected chi connectivity index (χ1v) is 14.1. The first-order valence-electron chi connectivity index (χ1n) is 14.1. The molecule has 4 saturated carbocycles. The second-order valence-corrected chi connectivity index (χ2v) is 13.8. The summed E-state index contributed by atoms with van der Waals surface area (Å²) in [5.74, 6) is 8.04. The Bertz CT molecular complexity index is 624. The molecule has 0 heterocycles. The van der Waals surface area contributed by atoms with Crippen molar-refractivity contribution in [1.82, 2.24) is 0 Å². The van der Waals surface area contributed by atoms with Gasteiger partial charge in [-0.25, -0.2) is 0 Å². The lowest BCUT2D eigenvalue weighted by atomic mass is 9.42. The lowest BCUT2D eigenvalue weighted by molar-refractivity contribution is -0.142. The molecular formula is C30H52O. The highest BCUT2D eigenvalue weighted by Crippen LogP contribution is 2.69. The Morgan fingerprint density at radius 2 is 1.58 bits per heavy atom. The number of aldehydes is 1. The van der Waals surface area contributed by atoms with Crippen molar-refractivity contribution in [3.63, 3.8) is 0 Å². The van der Waals surface area contributed by atoms with Gasteiger partial charge in [0.15, 0.2) is 0 Å². The van der Waals surface area contributed by atoms with E-state index in [-0.39, 0.29) is 0 Å². The number of carbonyl (C=O) groups excluding carboxylic acids is 1. The number of rotatable bonds is 7. The number of fused-ring (bicyclic) bond motifs is 5. The third-order valence-corrected chi connectivity index (χ3v) is 11.8. The van der Waals surface area contributed by atoms with Gasteiger partial charge in [-0.05, 0) is 115 Å². The van der Waals surface area contributed by atoms with Crippen molar-refractivity contribution < 1.29 is 4.79 Å². The molecule has 0 saturated heterocycles. The van der Waals surface area contributed by atoms with E-state index in [1.165, 1.54) is 76.9 Å². The van der Waals surface area contributed by atoms with Gasteiger partial charge in [-0.15, -0.1) is 0 Å². The molecule has 10 atom stereocenters. The zero-order valence-electron chi connectivity index (χ0n) is 21.7. The molecule has 178 valence electrons. The van der Waals surface area contributed by atoms with Crippen molar-refractivity contribution >= 4 is 6.29 Å². The monoisotopic (exact) mass is 428 g/mol. The smallest absolute Gasteiger partial charge is 0.120 e. The topological polar surface area (TPSA) is 17.1 Å². The Kier molecular flexibility index (Phi) is 7.02. The second-order valence-electron chi connectivity index (χ2n) is 13.8. The molecule has 7 unspecified atom stereocenters. The second kappa shape index (κ2) is 9.13. The van der Waals surface area contributed by atoms with E-state index in [4.69, 9.17) is 0 Å². The van der Waals surface area contributed by atoms with Gasteiger partial charge < -0.3 is 4.79 Å². The van der Waals surface area contributed by atoms with Crippen LogP contribution in [0.1, 0.15) is 119 Å². The summed E-state index contributed by atoms with van der Waals surface area (Å²) < 4.78 is 0. The van der Waals surface area contributed by atoms with E-state index in [1.54, 1.807) is 0 Å². The van der Waals surface area contributed by atoms with Gasteiger partial charge in [-0.2, -0.15) is 0 Å². The number of hydrogen-bond acceptors (Lipinski definition) is 1. The zero-order valence-corrected chi connectivity index (χ0v) is 21.7. The highest BCUT2D eigenvalue weighted by molar-refractivity contribution is 5.49. The minimum Gasteiger partial charge on any atom is -0.303 e. The minimum absolute atomic E-state index is 0.546. The summed E-state index contributed by atoms with van der Waals surface area (Å²) >= 11 is 0. The van der Waals surface area contributed by atoms with E-state index in [0.29, 0.717) is 16.7 Å². The van der Waals surface area contributed by atoms with E-state index < -0.39 is 0 Å². The van der Waals surface area contributed by atoms with Crippen LogP contribution in [0.4, 0.5) is 0 Å². The maximum absolute atomic E-state index is 11.2. The molecule has 31 heavy (non-hydrogen) atoms. The van der Waals surface area contributed by atoms with Crippen LogP contribution in [0.5, 0.6) is 0 Å². The molecule has 1 heteroatoms. The average Bonchev–Trinajstić information content (AvgIpc) is 3.06. The van der Waals surface area contributed by atoms with E-state index in [0.717, 1.165) is 53.8 Å². The van der Waals surface area contributed by atoms with E-state index >= 15 is 0 Å². The summed E-state index contributed by atoms with van der Waals surface area (Å²) in [7, 11) is 0. The molecule has 4 aliphatic carbocycles. The van der Waals surface area contributed by atoms with E-state index in [1.807, 2.05) is 0 Å². The predicted molar refractivity (Wildman–Crippen MR) is 132 cm³/mol. The Hall–Kier alpha value is -0.330. The molecule has 1 nitrogen and oxygen atoms in total. The Labute approximate surface area is 193 Å². The summed E-state index contributed by atoms with van der Waals surface area (Å²) in [5.41, 5.74) is 1.15. The third kappa shape index (κ3) is 4.19. The van der Waals surface area contributed by atoms with Crippen molar-refractivity contribution in [3.05, 3.63) is 0 Å². The normalized spacial score (nSPS) is 48.0. The lowest BCUT2D eigenvalue weighted by Crippen LogP contribution is -2.56. The molecule has 0 radical (unpaired) electrons. The molecule has 0 amide bonds. The first-order chi connectivity index (χ1) is 14.7. The van der Waals surface area contributed by atoms with Crippen molar-refractivity contribution in [1.29, 1.82) is 0 Å². The van der Waals surface area contributed by atoms with Crippen LogP contribution in [0.3, 0.4) is 0 Å². The molecule has 4 aliphatic rings. The third-order valence-electron chi connectivity index (χ3n) is 11.8. The van der Waals surface area contributed by atoms with Crippen LogP contribution in [0.2, 0.25) is 0 Å². The maximum Gasteiger partial charge on any atom is 0.120 e. The van der Waals surface area contributed by atoms with Crippen LogP contribution in [0.25, 0.3) is 0 Å². The molecule has 4 rings (SSSR count). The molecular weight excluding hydrogens is 376 g/mol. The Balaban J connectivity index is 1.48. The first kappa shape index (κ1) is 23.8. The standard InChI is InChI=1S/C30H52O/c1-20(2)8-7-9-21(3)25-10-11-26-24-18-22(4)28-19-23(14-17-31)12-15-30(28,6)27(24)13-16-29(25,26)5/h17,20-28H,7-16,18-19H2,1-6H3/t21-,22?,23?,24?,25-,26?,27?,28?,29-,30?/m0/s1.